The number of anilines is 1. The van der Waals surface area contributed by atoms with Crippen LogP contribution in [0.2, 0.25) is 0 Å². The van der Waals surface area contributed by atoms with Crippen LogP contribution in [0, 0.1) is 6.92 Å². The number of rotatable bonds is 9. The molecule has 9 nitrogen and oxygen atoms in total. The van der Waals surface area contributed by atoms with E-state index in [1.165, 1.54) is 23.1 Å². The smallest absolute Gasteiger partial charge is 0.311 e. The summed E-state index contributed by atoms with van der Waals surface area (Å²) in [5.74, 6) is 1.08. The van der Waals surface area contributed by atoms with Crippen molar-refractivity contribution in [3.05, 3.63) is 29.2 Å². The van der Waals surface area contributed by atoms with E-state index < -0.39 is 0 Å². The van der Waals surface area contributed by atoms with E-state index in [-0.39, 0.29) is 30.1 Å². The third kappa shape index (κ3) is 5.28. The maximum absolute atomic E-state index is 12.4. The predicted molar refractivity (Wildman–Crippen MR) is 115 cm³/mol. The molecule has 1 amide bonds. The van der Waals surface area contributed by atoms with Gasteiger partial charge in [-0.2, -0.15) is 0 Å². The molecule has 11 heteroatoms. The van der Waals surface area contributed by atoms with E-state index in [0.29, 0.717) is 28.4 Å². The van der Waals surface area contributed by atoms with Gasteiger partial charge in [0.05, 0.1) is 36.3 Å². The topological polar surface area (TPSA) is 112 Å². The van der Waals surface area contributed by atoms with Gasteiger partial charge < -0.3 is 14.5 Å². The second-order valence-electron chi connectivity index (χ2n) is 6.62. The molecule has 0 aliphatic rings. The molecule has 0 unspecified atom stereocenters. The van der Waals surface area contributed by atoms with Gasteiger partial charge in [0.15, 0.2) is 16.1 Å². The Hall–Kier alpha value is -2.66. The van der Waals surface area contributed by atoms with E-state index in [4.69, 9.17) is 9.15 Å². The lowest BCUT2D eigenvalue weighted by Crippen LogP contribution is -2.15. The number of hydrogen-bond donors (Lipinski definition) is 1. The van der Waals surface area contributed by atoms with Crippen LogP contribution in [-0.4, -0.2) is 44.0 Å². The molecular formula is C19H23N5O4S2. The zero-order valence-corrected chi connectivity index (χ0v) is 18.8. The van der Waals surface area contributed by atoms with Gasteiger partial charge in [-0.05, 0) is 33.8 Å². The zero-order chi connectivity index (χ0) is 21.7. The number of thioether (sulfide) groups is 1. The Morgan fingerprint density at radius 2 is 2.17 bits per heavy atom. The van der Waals surface area contributed by atoms with Crippen LogP contribution < -0.4 is 5.32 Å². The molecule has 3 aromatic heterocycles. The molecule has 30 heavy (non-hydrogen) atoms. The van der Waals surface area contributed by atoms with Crippen molar-refractivity contribution in [1.29, 1.82) is 0 Å². The van der Waals surface area contributed by atoms with Crippen molar-refractivity contribution in [2.24, 2.45) is 0 Å². The highest BCUT2D eigenvalue weighted by atomic mass is 32.2. The fraction of sp³-hybridized carbons (Fsp3) is 0.421. The number of ether oxygens (including phenoxy) is 1. The summed E-state index contributed by atoms with van der Waals surface area (Å²) in [6.07, 6.45) is 1.71. The maximum atomic E-state index is 12.4. The lowest BCUT2D eigenvalue weighted by Gasteiger charge is -2.13. The molecular weight excluding hydrogens is 426 g/mol. The molecule has 0 fully saturated rings. The molecule has 0 aliphatic carbocycles. The third-order valence-electron chi connectivity index (χ3n) is 4.04. The van der Waals surface area contributed by atoms with Crippen molar-refractivity contribution in [2.75, 3.05) is 17.7 Å². The quantitative estimate of drug-likeness (QED) is 0.388. The number of nitrogens with one attached hydrogen (secondary N) is 1. The fourth-order valence-electron chi connectivity index (χ4n) is 2.73. The van der Waals surface area contributed by atoms with Crippen LogP contribution in [0.3, 0.4) is 0 Å². The lowest BCUT2D eigenvalue weighted by molar-refractivity contribution is -0.142. The number of carbonyl (C=O) groups excluding carboxylic acids is 2. The summed E-state index contributed by atoms with van der Waals surface area (Å²) in [4.78, 5) is 28.1. The number of nitrogens with zero attached hydrogens (tertiary/aromatic N) is 4. The first-order chi connectivity index (χ1) is 14.4. The predicted octanol–water partition coefficient (Wildman–Crippen LogP) is 3.72. The molecule has 0 radical (unpaired) electrons. The van der Waals surface area contributed by atoms with Crippen molar-refractivity contribution >= 4 is 40.1 Å². The van der Waals surface area contributed by atoms with Gasteiger partial charge >= 0.3 is 5.97 Å². The van der Waals surface area contributed by atoms with Gasteiger partial charge in [0.2, 0.25) is 5.91 Å². The highest BCUT2D eigenvalue weighted by Gasteiger charge is 2.20. The molecule has 0 atom stereocenters. The summed E-state index contributed by atoms with van der Waals surface area (Å²) in [5.41, 5.74) is 1.45. The van der Waals surface area contributed by atoms with Gasteiger partial charge in [0.25, 0.3) is 0 Å². The van der Waals surface area contributed by atoms with Crippen LogP contribution in [0.15, 0.2) is 27.3 Å². The SMILES string of the molecule is CCOC(=O)Cc1csc(NC(=O)CSc2nnc(-c3ccoc3C)n2C(C)C)n1. The normalized spacial score (nSPS) is 11.1. The number of thiazole rings is 1. The maximum Gasteiger partial charge on any atom is 0.311 e. The van der Waals surface area contributed by atoms with Crippen LogP contribution >= 0.6 is 23.1 Å². The number of hydrogen-bond acceptors (Lipinski definition) is 9. The van der Waals surface area contributed by atoms with Crippen LogP contribution in [0.5, 0.6) is 0 Å². The number of furan rings is 1. The molecule has 0 aliphatic heterocycles. The molecule has 160 valence electrons. The fourth-order valence-corrected chi connectivity index (χ4v) is 4.33. The number of amides is 1. The second-order valence-corrected chi connectivity index (χ2v) is 8.42. The second kappa shape index (κ2) is 9.90. The Morgan fingerprint density at radius 1 is 1.37 bits per heavy atom. The van der Waals surface area contributed by atoms with Crippen molar-refractivity contribution in [3.8, 4) is 11.4 Å². The molecule has 1 N–H and O–H groups in total. The average molecular weight is 450 g/mol. The van der Waals surface area contributed by atoms with Crippen molar-refractivity contribution in [2.45, 2.75) is 45.3 Å². The van der Waals surface area contributed by atoms with E-state index in [1.54, 1.807) is 18.6 Å². The molecule has 0 bridgehead atoms. The molecule has 3 rings (SSSR count). The van der Waals surface area contributed by atoms with Crippen molar-refractivity contribution in [1.82, 2.24) is 19.7 Å². The van der Waals surface area contributed by atoms with Crippen LogP contribution in [0.25, 0.3) is 11.4 Å². The molecule has 0 saturated carbocycles. The summed E-state index contributed by atoms with van der Waals surface area (Å²) in [6.45, 7) is 8.02. The minimum Gasteiger partial charge on any atom is -0.469 e. The Balaban J connectivity index is 1.61. The van der Waals surface area contributed by atoms with Crippen LogP contribution in [0.1, 0.15) is 38.3 Å². The summed E-state index contributed by atoms with van der Waals surface area (Å²) in [7, 11) is 0. The zero-order valence-electron chi connectivity index (χ0n) is 17.2. The first-order valence-electron chi connectivity index (χ1n) is 9.41. The number of aryl methyl sites for hydroxylation is 1. The molecule has 0 saturated heterocycles. The van der Waals surface area contributed by atoms with Crippen LogP contribution in [-0.2, 0) is 20.7 Å². The Morgan fingerprint density at radius 3 is 2.83 bits per heavy atom. The summed E-state index contributed by atoms with van der Waals surface area (Å²) >= 11 is 2.57. The van der Waals surface area contributed by atoms with Crippen LogP contribution in [0.4, 0.5) is 5.13 Å². The largest absolute Gasteiger partial charge is 0.469 e. The number of esters is 1. The van der Waals surface area contributed by atoms with E-state index in [2.05, 4.69) is 20.5 Å². The van der Waals surface area contributed by atoms with Gasteiger partial charge in [-0.1, -0.05) is 11.8 Å². The van der Waals surface area contributed by atoms with E-state index >= 15 is 0 Å². The highest BCUT2D eigenvalue weighted by Crippen LogP contribution is 2.30. The average Bonchev–Trinajstić information content (AvgIpc) is 3.40. The van der Waals surface area contributed by atoms with E-state index in [1.807, 2.05) is 31.4 Å². The Bertz CT molecular complexity index is 1020. The molecule has 3 heterocycles. The Labute approximate surface area is 182 Å². The standard InChI is InChI=1S/C19H23N5O4S2/c1-5-27-16(26)8-13-9-29-18(20-13)21-15(25)10-30-19-23-22-17(24(19)11(2)3)14-6-7-28-12(14)4/h6-7,9,11H,5,8,10H2,1-4H3,(H,20,21,25). The first kappa shape index (κ1) is 22.0. The van der Waals surface area contributed by atoms with E-state index in [9.17, 15) is 9.59 Å². The summed E-state index contributed by atoms with van der Waals surface area (Å²) < 4.78 is 12.3. The van der Waals surface area contributed by atoms with Crippen molar-refractivity contribution in [3.63, 3.8) is 0 Å². The lowest BCUT2D eigenvalue weighted by atomic mass is 10.2. The summed E-state index contributed by atoms with van der Waals surface area (Å²) in [5, 5.41) is 14.1. The van der Waals surface area contributed by atoms with Gasteiger partial charge in [-0.3, -0.25) is 14.2 Å². The number of carbonyl (C=O) groups is 2. The minimum absolute atomic E-state index is 0.0860. The van der Waals surface area contributed by atoms with Crippen molar-refractivity contribution < 1.29 is 18.7 Å². The number of aromatic nitrogens is 4. The highest BCUT2D eigenvalue weighted by molar-refractivity contribution is 7.99. The van der Waals surface area contributed by atoms with Gasteiger partial charge in [-0.25, -0.2) is 4.98 Å². The van der Waals surface area contributed by atoms with Gasteiger partial charge in [0, 0.05) is 11.4 Å². The molecule has 0 aromatic carbocycles. The monoisotopic (exact) mass is 449 g/mol. The van der Waals surface area contributed by atoms with Gasteiger partial charge in [0.1, 0.15) is 5.76 Å². The minimum atomic E-state index is -0.340. The Kier molecular flexibility index (Phi) is 7.27. The first-order valence-corrected chi connectivity index (χ1v) is 11.3. The molecule has 0 spiro atoms. The van der Waals surface area contributed by atoms with Gasteiger partial charge in [-0.15, -0.1) is 21.5 Å². The van der Waals surface area contributed by atoms with E-state index in [0.717, 1.165) is 11.3 Å². The summed E-state index contributed by atoms with van der Waals surface area (Å²) in [6, 6.07) is 1.97. The third-order valence-corrected chi connectivity index (χ3v) is 5.79. The molecule has 3 aromatic rings.